The summed E-state index contributed by atoms with van der Waals surface area (Å²) in [4.78, 5) is 18.2. The number of rotatable bonds is 5. The van der Waals surface area contributed by atoms with Gasteiger partial charge in [0.15, 0.2) is 17.5 Å². The molecule has 0 radical (unpaired) electrons. The highest BCUT2D eigenvalue weighted by molar-refractivity contribution is 7.99. The van der Waals surface area contributed by atoms with Gasteiger partial charge in [0.25, 0.3) is 0 Å². The van der Waals surface area contributed by atoms with E-state index in [0.29, 0.717) is 17.5 Å². The van der Waals surface area contributed by atoms with Crippen molar-refractivity contribution in [1.29, 1.82) is 0 Å². The van der Waals surface area contributed by atoms with Gasteiger partial charge >= 0.3 is 0 Å². The zero-order chi connectivity index (χ0) is 41.9. The lowest BCUT2D eigenvalue weighted by atomic mass is 10.0. The summed E-state index contributed by atoms with van der Waals surface area (Å²) in [6, 6.07) is 73.5. The monoisotopic (exact) mass is 834 g/mol. The molecule has 0 fully saturated rings. The van der Waals surface area contributed by atoms with Crippen LogP contribution in [0.25, 0.3) is 117 Å². The molecular formula is C57H34N6S. The molecule has 0 amide bonds. The molecule has 14 rings (SSSR count). The van der Waals surface area contributed by atoms with Gasteiger partial charge in [-0.25, -0.2) is 15.0 Å². The van der Waals surface area contributed by atoms with Gasteiger partial charge in [-0.3, -0.25) is 9.13 Å². The van der Waals surface area contributed by atoms with Crippen LogP contribution in [-0.2, 0) is 0 Å². The van der Waals surface area contributed by atoms with Crippen LogP contribution in [0, 0.1) is 0 Å². The maximum atomic E-state index is 5.29. The predicted octanol–water partition coefficient (Wildman–Crippen LogP) is 14.6. The van der Waals surface area contributed by atoms with Gasteiger partial charge in [0.2, 0.25) is 0 Å². The van der Waals surface area contributed by atoms with Crippen LogP contribution in [0.3, 0.4) is 0 Å². The van der Waals surface area contributed by atoms with Crippen LogP contribution in [0.1, 0.15) is 0 Å². The Morgan fingerprint density at radius 2 is 0.875 bits per heavy atom. The summed E-state index contributed by atoms with van der Waals surface area (Å²) in [6.07, 6.45) is 0. The third-order valence-corrected chi connectivity index (χ3v) is 14.0. The summed E-state index contributed by atoms with van der Waals surface area (Å²) in [7, 11) is 0. The lowest BCUT2D eigenvalue weighted by molar-refractivity contribution is 1.03. The number of hydrogen-bond acceptors (Lipinski definition) is 4. The number of aromatic nitrogens is 6. The molecule has 6 nitrogen and oxygen atoms in total. The van der Waals surface area contributed by atoms with Gasteiger partial charge in [-0.15, -0.1) is 0 Å². The molecule has 0 unspecified atom stereocenters. The van der Waals surface area contributed by atoms with Crippen LogP contribution < -0.4 is 0 Å². The van der Waals surface area contributed by atoms with Crippen molar-refractivity contribution >= 4 is 77.2 Å². The van der Waals surface area contributed by atoms with Crippen LogP contribution in [0.2, 0.25) is 0 Å². The Kier molecular flexibility index (Phi) is 7.52. The third kappa shape index (κ3) is 5.07. The number of para-hydroxylation sites is 5. The second-order valence-electron chi connectivity index (χ2n) is 16.4. The van der Waals surface area contributed by atoms with E-state index in [9.17, 15) is 0 Å². The molecule has 0 bridgehead atoms. The maximum Gasteiger partial charge on any atom is 0.164 e. The first-order valence-corrected chi connectivity index (χ1v) is 22.4. The van der Waals surface area contributed by atoms with Gasteiger partial charge < -0.3 is 4.57 Å². The van der Waals surface area contributed by atoms with E-state index in [4.69, 9.17) is 15.0 Å². The quantitative estimate of drug-likeness (QED) is 0.173. The molecule has 0 spiro atoms. The number of fused-ring (bicyclic) bond motifs is 11. The second-order valence-corrected chi connectivity index (χ2v) is 17.5. The van der Waals surface area contributed by atoms with Gasteiger partial charge in [-0.1, -0.05) is 145 Å². The molecule has 4 aromatic heterocycles. The molecule has 0 N–H and O–H groups in total. The van der Waals surface area contributed by atoms with E-state index in [1.807, 2.05) is 30.0 Å². The topological polar surface area (TPSA) is 53.5 Å². The standard InChI is InChI=1S/C57H34N6S/c1-2-15-35(16-3-1)54-58-55(36-29-31-37(32-30-36)61-45-23-9-6-19-40(45)41-20-7-10-24-46(41)61)60-56(59-54)42-33-34-48(39-18-5-4-17-38(39)42)62-47-25-11-8-21-43(47)52-44-22-14-28-51-53(44)63(57(52)62)49-26-12-13-27-50(49)64-51/h1-34H. The molecule has 9 aromatic carbocycles. The zero-order valence-electron chi connectivity index (χ0n) is 34.2. The number of nitrogens with zero attached hydrogens (tertiary/aromatic N) is 6. The first-order valence-electron chi connectivity index (χ1n) is 21.5. The average molecular weight is 835 g/mol. The highest BCUT2D eigenvalue weighted by Gasteiger charge is 2.28. The fraction of sp³-hybridized carbons (Fsp3) is 0. The van der Waals surface area contributed by atoms with Crippen molar-refractivity contribution in [1.82, 2.24) is 28.7 Å². The van der Waals surface area contributed by atoms with E-state index in [-0.39, 0.29) is 0 Å². The lowest BCUT2D eigenvalue weighted by Gasteiger charge is -2.21. The molecular weight excluding hydrogens is 801 g/mol. The first kappa shape index (κ1) is 35.3. The number of benzene rings is 9. The van der Waals surface area contributed by atoms with Gasteiger partial charge in [-0.2, -0.15) is 0 Å². The second kappa shape index (κ2) is 13.6. The zero-order valence-corrected chi connectivity index (χ0v) is 35.0. The SMILES string of the molecule is c1ccc(-c2nc(-c3ccc(-n4c5ccccc5c5ccccc54)cc3)nc(-c3ccc(-n4c5ccccc5c5c6cccc7c6n(c54)-c4ccccc4S7)c4ccccc34)n2)cc1. The van der Waals surface area contributed by atoms with Crippen molar-refractivity contribution in [2.24, 2.45) is 0 Å². The molecule has 7 heteroatoms. The van der Waals surface area contributed by atoms with Crippen molar-refractivity contribution in [3.63, 3.8) is 0 Å². The van der Waals surface area contributed by atoms with Gasteiger partial charge in [0.1, 0.15) is 5.65 Å². The van der Waals surface area contributed by atoms with E-state index in [1.165, 1.54) is 59.0 Å². The summed E-state index contributed by atoms with van der Waals surface area (Å²) in [5.74, 6) is 1.87. The highest BCUT2D eigenvalue weighted by Crippen LogP contribution is 2.50. The third-order valence-electron chi connectivity index (χ3n) is 12.9. The highest BCUT2D eigenvalue weighted by atomic mass is 32.2. The molecule has 0 aliphatic carbocycles. The van der Waals surface area contributed by atoms with E-state index in [0.717, 1.165) is 50.0 Å². The fourth-order valence-electron chi connectivity index (χ4n) is 10.1. The minimum absolute atomic E-state index is 0.621. The summed E-state index contributed by atoms with van der Waals surface area (Å²) < 4.78 is 7.30. The van der Waals surface area contributed by atoms with Crippen LogP contribution in [0.4, 0.5) is 0 Å². The van der Waals surface area contributed by atoms with E-state index >= 15 is 0 Å². The minimum atomic E-state index is 0.621. The Morgan fingerprint density at radius 3 is 1.61 bits per heavy atom. The van der Waals surface area contributed by atoms with Gasteiger partial charge in [-0.05, 0) is 78.2 Å². The number of hydrogen-bond donors (Lipinski definition) is 0. The van der Waals surface area contributed by atoms with Crippen molar-refractivity contribution < 1.29 is 0 Å². The summed E-state index contributed by atoms with van der Waals surface area (Å²) in [5, 5.41) is 8.40. The summed E-state index contributed by atoms with van der Waals surface area (Å²) in [6.45, 7) is 0. The molecule has 0 saturated heterocycles. The van der Waals surface area contributed by atoms with Crippen molar-refractivity contribution in [3.8, 4) is 51.2 Å². The van der Waals surface area contributed by atoms with Crippen molar-refractivity contribution in [3.05, 3.63) is 206 Å². The summed E-state index contributed by atoms with van der Waals surface area (Å²) >= 11 is 1.85. The van der Waals surface area contributed by atoms with E-state index < -0.39 is 0 Å². The predicted molar refractivity (Wildman–Crippen MR) is 263 cm³/mol. The Hall–Kier alpha value is -8.26. The van der Waals surface area contributed by atoms with Crippen molar-refractivity contribution in [2.45, 2.75) is 9.79 Å². The van der Waals surface area contributed by atoms with Crippen molar-refractivity contribution in [2.75, 3.05) is 0 Å². The largest absolute Gasteiger partial charge is 0.309 e. The normalized spacial score (nSPS) is 12.3. The van der Waals surface area contributed by atoms with E-state index in [1.54, 1.807) is 0 Å². The smallest absolute Gasteiger partial charge is 0.164 e. The fourth-order valence-corrected chi connectivity index (χ4v) is 11.2. The lowest BCUT2D eigenvalue weighted by Crippen LogP contribution is -2.06. The Balaban J connectivity index is 0.973. The molecule has 64 heavy (non-hydrogen) atoms. The Bertz CT molecular complexity index is 3990. The van der Waals surface area contributed by atoms with Crippen LogP contribution in [0.15, 0.2) is 216 Å². The molecule has 0 atom stereocenters. The molecule has 13 aromatic rings. The molecule has 0 saturated carbocycles. The Morgan fingerprint density at radius 1 is 0.328 bits per heavy atom. The van der Waals surface area contributed by atoms with E-state index in [2.05, 4.69) is 202 Å². The molecule has 1 aliphatic rings. The van der Waals surface area contributed by atoms with Crippen LogP contribution >= 0.6 is 11.8 Å². The van der Waals surface area contributed by atoms with Gasteiger partial charge in [0, 0.05) is 64.5 Å². The molecule has 298 valence electrons. The maximum absolute atomic E-state index is 5.29. The Labute approximate surface area is 371 Å². The van der Waals surface area contributed by atoms with Gasteiger partial charge in [0.05, 0.1) is 33.4 Å². The molecule has 5 heterocycles. The van der Waals surface area contributed by atoms with Crippen LogP contribution in [0.5, 0.6) is 0 Å². The summed E-state index contributed by atoms with van der Waals surface area (Å²) in [5.41, 5.74) is 12.1. The first-order chi connectivity index (χ1) is 31.8. The minimum Gasteiger partial charge on any atom is -0.309 e. The average Bonchev–Trinajstić information content (AvgIpc) is 4.01. The molecule has 1 aliphatic heterocycles. The van der Waals surface area contributed by atoms with Crippen LogP contribution in [-0.4, -0.2) is 28.7 Å².